The largest absolute Gasteiger partial charge is 0.508 e. The number of aryl methyl sites for hydroxylation is 1. The van der Waals surface area contributed by atoms with Crippen molar-refractivity contribution in [2.75, 3.05) is 26.2 Å². The van der Waals surface area contributed by atoms with Gasteiger partial charge in [-0.1, -0.05) is 43.9 Å². The molecule has 1 heterocycles. The van der Waals surface area contributed by atoms with Gasteiger partial charge in [-0.3, -0.25) is 4.90 Å². The van der Waals surface area contributed by atoms with Crippen LogP contribution in [0.3, 0.4) is 0 Å². The Morgan fingerprint density at radius 3 is 2.50 bits per heavy atom. The number of unbranched alkanes of at least 4 members (excludes halogenated alkanes) is 2. The zero-order chi connectivity index (χ0) is 14.4. The molecule has 0 amide bonds. The van der Waals surface area contributed by atoms with Crippen LogP contribution in [0.25, 0.3) is 0 Å². The lowest BCUT2D eigenvalue weighted by Gasteiger charge is -2.35. The van der Waals surface area contributed by atoms with Crippen LogP contribution in [-0.2, 0) is 0 Å². The fraction of sp³-hybridized carbons (Fsp3) is 0.647. The zero-order valence-corrected chi connectivity index (χ0v) is 15.3. The smallest absolute Gasteiger partial charge is 0.120 e. The van der Waals surface area contributed by atoms with Crippen LogP contribution in [0.15, 0.2) is 18.2 Å². The highest BCUT2D eigenvalue weighted by Gasteiger charge is 2.24. The summed E-state index contributed by atoms with van der Waals surface area (Å²) in [6, 6.07) is 6.36. The molecule has 1 aliphatic heterocycles. The zero-order valence-electron chi connectivity index (χ0n) is 13.7. The number of halogens is 2. The van der Waals surface area contributed by atoms with E-state index in [-0.39, 0.29) is 24.8 Å². The van der Waals surface area contributed by atoms with E-state index in [1.165, 1.54) is 24.8 Å². The third kappa shape index (κ3) is 5.96. The van der Waals surface area contributed by atoms with Gasteiger partial charge in [0, 0.05) is 37.8 Å². The third-order valence-corrected chi connectivity index (χ3v) is 4.22. The van der Waals surface area contributed by atoms with E-state index in [0.29, 0.717) is 11.8 Å². The summed E-state index contributed by atoms with van der Waals surface area (Å²) >= 11 is 0. The minimum Gasteiger partial charge on any atom is -0.508 e. The summed E-state index contributed by atoms with van der Waals surface area (Å²) in [6.07, 6.45) is 4.90. The lowest BCUT2D eigenvalue weighted by atomic mass is 9.96. The Kier molecular flexibility index (Phi) is 10.9. The maximum atomic E-state index is 10.3. The number of aromatic hydroxyl groups is 1. The normalized spacial score (nSPS) is 16.5. The second-order valence-corrected chi connectivity index (χ2v) is 5.86. The second-order valence-electron chi connectivity index (χ2n) is 5.86. The summed E-state index contributed by atoms with van der Waals surface area (Å²) in [6.45, 7) is 8.59. The van der Waals surface area contributed by atoms with Gasteiger partial charge in [0.2, 0.25) is 0 Å². The molecule has 1 aliphatic rings. The molecule has 0 radical (unpaired) electrons. The maximum absolute atomic E-state index is 10.3. The molecule has 1 atom stereocenters. The fourth-order valence-electron chi connectivity index (χ4n) is 3.06. The van der Waals surface area contributed by atoms with Crippen molar-refractivity contribution >= 4 is 24.8 Å². The molecule has 1 saturated heterocycles. The summed E-state index contributed by atoms with van der Waals surface area (Å²) in [5, 5.41) is 13.7. The number of piperazine rings is 1. The number of hydrogen-bond acceptors (Lipinski definition) is 3. The summed E-state index contributed by atoms with van der Waals surface area (Å²) < 4.78 is 0. The van der Waals surface area contributed by atoms with Crippen molar-refractivity contribution in [3.63, 3.8) is 0 Å². The van der Waals surface area contributed by atoms with Gasteiger partial charge in [0.15, 0.2) is 0 Å². The summed E-state index contributed by atoms with van der Waals surface area (Å²) in [7, 11) is 0. The first-order valence-electron chi connectivity index (χ1n) is 7.96. The van der Waals surface area contributed by atoms with Gasteiger partial charge in [0.1, 0.15) is 5.75 Å². The molecule has 0 unspecified atom stereocenters. The first-order valence-corrected chi connectivity index (χ1v) is 7.96. The van der Waals surface area contributed by atoms with Crippen molar-refractivity contribution in [2.45, 2.75) is 45.6 Å². The number of hydrogen-bond donors (Lipinski definition) is 2. The first-order chi connectivity index (χ1) is 9.72. The number of benzene rings is 1. The van der Waals surface area contributed by atoms with Gasteiger partial charge in [0.05, 0.1) is 0 Å². The van der Waals surface area contributed by atoms with Crippen molar-refractivity contribution < 1.29 is 5.11 Å². The summed E-state index contributed by atoms with van der Waals surface area (Å²) in [5.41, 5.74) is 2.34. The molecule has 128 valence electrons. The molecule has 1 aromatic carbocycles. The van der Waals surface area contributed by atoms with Crippen molar-refractivity contribution in [1.29, 1.82) is 0 Å². The van der Waals surface area contributed by atoms with E-state index >= 15 is 0 Å². The van der Waals surface area contributed by atoms with Gasteiger partial charge in [0.25, 0.3) is 0 Å². The average molecular weight is 349 g/mol. The molecule has 2 rings (SSSR count). The van der Waals surface area contributed by atoms with E-state index in [4.69, 9.17) is 0 Å². The lowest BCUT2D eigenvalue weighted by molar-refractivity contribution is 0.160. The highest BCUT2D eigenvalue weighted by atomic mass is 35.5. The topological polar surface area (TPSA) is 35.5 Å². The van der Waals surface area contributed by atoms with Crippen LogP contribution in [0.4, 0.5) is 0 Å². The monoisotopic (exact) mass is 348 g/mol. The highest BCUT2D eigenvalue weighted by Crippen LogP contribution is 2.33. The van der Waals surface area contributed by atoms with E-state index in [1.807, 2.05) is 12.1 Å². The van der Waals surface area contributed by atoms with Crippen molar-refractivity contribution in [2.24, 2.45) is 0 Å². The molecule has 5 heteroatoms. The molecule has 2 N–H and O–H groups in total. The quantitative estimate of drug-likeness (QED) is 0.760. The minimum absolute atomic E-state index is 0. The SMILES string of the molecule is CCCCC[C@H](c1cc(C)ccc1O)N1CCNCC1.Cl.Cl. The molecule has 3 nitrogen and oxygen atoms in total. The van der Waals surface area contributed by atoms with Gasteiger partial charge in [-0.05, 0) is 19.4 Å². The highest BCUT2D eigenvalue weighted by molar-refractivity contribution is 5.85. The minimum atomic E-state index is 0. The average Bonchev–Trinajstić information content (AvgIpc) is 2.48. The molecule has 0 aliphatic carbocycles. The molecule has 22 heavy (non-hydrogen) atoms. The second kappa shape index (κ2) is 11.1. The van der Waals surface area contributed by atoms with E-state index in [2.05, 4.69) is 30.1 Å². The van der Waals surface area contributed by atoms with Crippen molar-refractivity contribution in [1.82, 2.24) is 10.2 Å². The Hall–Kier alpha value is -0.480. The van der Waals surface area contributed by atoms with E-state index in [0.717, 1.165) is 38.2 Å². The van der Waals surface area contributed by atoms with E-state index in [1.54, 1.807) is 0 Å². The molecular formula is C17H30Cl2N2O. The molecule has 1 fully saturated rings. The molecule has 0 saturated carbocycles. The van der Waals surface area contributed by atoms with E-state index in [9.17, 15) is 5.11 Å². The predicted octanol–water partition coefficient (Wildman–Crippen LogP) is 4.07. The van der Waals surface area contributed by atoms with E-state index < -0.39 is 0 Å². The van der Waals surface area contributed by atoms with Crippen LogP contribution in [-0.4, -0.2) is 36.2 Å². The Bertz CT molecular complexity index is 423. The lowest BCUT2D eigenvalue weighted by Crippen LogP contribution is -2.45. The van der Waals surface area contributed by atoms with Crippen molar-refractivity contribution in [3.8, 4) is 5.75 Å². The maximum Gasteiger partial charge on any atom is 0.120 e. The molecular weight excluding hydrogens is 319 g/mol. The number of phenols is 1. The van der Waals surface area contributed by atoms with Gasteiger partial charge < -0.3 is 10.4 Å². The van der Waals surface area contributed by atoms with Crippen molar-refractivity contribution in [3.05, 3.63) is 29.3 Å². The summed E-state index contributed by atoms with van der Waals surface area (Å²) in [5.74, 6) is 0.454. The summed E-state index contributed by atoms with van der Waals surface area (Å²) in [4.78, 5) is 2.53. The predicted molar refractivity (Wildman–Crippen MR) is 98.7 cm³/mol. The van der Waals surface area contributed by atoms with Crippen LogP contribution < -0.4 is 5.32 Å². The number of phenolic OH excluding ortho intramolecular Hbond substituents is 1. The van der Waals surface area contributed by atoms with Crippen LogP contribution >= 0.6 is 24.8 Å². The fourth-order valence-corrected chi connectivity index (χ4v) is 3.06. The van der Waals surface area contributed by atoms with Crippen LogP contribution in [0, 0.1) is 6.92 Å². The number of rotatable bonds is 6. The Morgan fingerprint density at radius 1 is 1.18 bits per heavy atom. The third-order valence-electron chi connectivity index (χ3n) is 4.22. The van der Waals surface area contributed by atoms with Gasteiger partial charge in [-0.25, -0.2) is 0 Å². The molecule has 0 bridgehead atoms. The Labute approximate surface area is 147 Å². The van der Waals surface area contributed by atoms with Gasteiger partial charge in [-0.15, -0.1) is 24.8 Å². The van der Waals surface area contributed by atoms with Gasteiger partial charge >= 0.3 is 0 Å². The number of nitrogens with zero attached hydrogens (tertiary/aromatic N) is 1. The molecule has 0 aromatic heterocycles. The molecule has 1 aromatic rings. The Morgan fingerprint density at radius 2 is 1.86 bits per heavy atom. The standard InChI is InChI=1S/C17H28N2O.2ClH/c1-3-4-5-6-16(19-11-9-18-10-12-19)15-13-14(2)7-8-17(15)20;;/h7-8,13,16,18,20H,3-6,9-12H2,1-2H3;2*1H/t16-;;/m1../s1. The van der Waals surface area contributed by atoms with Gasteiger partial charge in [-0.2, -0.15) is 0 Å². The van der Waals surface area contributed by atoms with Crippen LogP contribution in [0.5, 0.6) is 5.75 Å². The molecule has 0 spiro atoms. The van der Waals surface area contributed by atoms with Crippen LogP contribution in [0.2, 0.25) is 0 Å². The first kappa shape index (κ1) is 21.5. The van der Waals surface area contributed by atoms with Crippen LogP contribution in [0.1, 0.15) is 49.8 Å². The Balaban J connectivity index is 0.00000220. The number of nitrogens with one attached hydrogen (secondary N) is 1.